The first-order valence-electron chi connectivity index (χ1n) is 10.5. The van der Waals surface area contributed by atoms with Crippen LogP contribution in [0.25, 0.3) is 22.3 Å². The summed E-state index contributed by atoms with van der Waals surface area (Å²) in [5.41, 5.74) is 9.05. The molecule has 0 aromatic heterocycles. The quantitative estimate of drug-likeness (QED) is 0.206. The molecule has 4 rings (SSSR count). The lowest BCUT2D eigenvalue weighted by molar-refractivity contribution is -0.384. The molecule has 0 atom stereocenters. The number of nitrogens with one attached hydrogen (secondary N) is 1. The zero-order valence-corrected chi connectivity index (χ0v) is 18.8. The Morgan fingerprint density at radius 1 is 0.686 bits per heavy atom. The van der Waals surface area contributed by atoms with Crippen molar-refractivity contribution in [2.75, 3.05) is 11.1 Å². The van der Waals surface area contributed by atoms with Crippen LogP contribution in [0.2, 0.25) is 0 Å². The van der Waals surface area contributed by atoms with Gasteiger partial charge in [0.25, 0.3) is 11.4 Å². The van der Waals surface area contributed by atoms with Crippen LogP contribution in [0, 0.1) is 20.2 Å². The number of nitrogens with two attached hydrogens (primary N) is 1. The molecule has 35 heavy (non-hydrogen) atoms. The van der Waals surface area contributed by atoms with Crippen molar-refractivity contribution in [1.82, 2.24) is 0 Å². The van der Waals surface area contributed by atoms with E-state index < -0.39 is 9.85 Å². The Kier molecular flexibility index (Phi) is 7.86. The number of hydrogen-bond donors (Lipinski definition) is 2. The van der Waals surface area contributed by atoms with Crippen molar-refractivity contribution < 1.29 is 14.6 Å². The van der Waals surface area contributed by atoms with Crippen molar-refractivity contribution in [2.45, 2.75) is 6.92 Å². The van der Waals surface area contributed by atoms with Crippen molar-refractivity contribution in [1.29, 1.82) is 0 Å². The number of carbonyl (C=O) groups excluding carboxylic acids is 1. The Balaban J connectivity index is 0.000000198. The molecule has 0 fully saturated rings. The Hall–Kier alpha value is -5.05. The molecule has 9 heteroatoms. The largest absolute Gasteiger partial charge is 0.393 e. The van der Waals surface area contributed by atoms with E-state index in [2.05, 4.69) is 5.32 Å². The number of carbonyl (C=O) groups is 1. The molecule has 0 bridgehead atoms. The number of nitrogen functional groups attached to an aromatic ring is 1. The Morgan fingerprint density at radius 2 is 1.14 bits per heavy atom. The van der Waals surface area contributed by atoms with Crippen molar-refractivity contribution in [3.05, 3.63) is 117 Å². The van der Waals surface area contributed by atoms with Gasteiger partial charge < -0.3 is 11.1 Å². The van der Waals surface area contributed by atoms with Gasteiger partial charge in [-0.3, -0.25) is 25.0 Å². The van der Waals surface area contributed by atoms with Gasteiger partial charge in [0.1, 0.15) is 11.4 Å². The Morgan fingerprint density at radius 3 is 1.63 bits per heavy atom. The van der Waals surface area contributed by atoms with E-state index >= 15 is 0 Å². The number of nitro benzene ring substituents is 2. The molecule has 9 nitrogen and oxygen atoms in total. The zero-order chi connectivity index (χ0) is 25.4. The molecule has 0 unspecified atom stereocenters. The van der Waals surface area contributed by atoms with Gasteiger partial charge >= 0.3 is 0 Å². The van der Waals surface area contributed by atoms with Gasteiger partial charge in [-0.05, 0) is 11.1 Å². The van der Waals surface area contributed by atoms with E-state index in [1.54, 1.807) is 24.3 Å². The number of para-hydroxylation sites is 2. The fourth-order valence-corrected chi connectivity index (χ4v) is 3.44. The lowest BCUT2D eigenvalue weighted by Crippen LogP contribution is -2.09. The number of rotatable bonds is 5. The molecule has 0 aliphatic carbocycles. The van der Waals surface area contributed by atoms with Crippen LogP contribution in [0.4, 0.5) is 22.7 Å². The maximum atomic E-state index is 11.2. The predicted octanol–water partition coefficient (Wildman–Crippen LogP) is 6.06. The summed E-state index contributed by atoms with van der Waals surface area (Å²) < 4.78 is 0. The van der Waals surface area contributed by atoms with E-state index in [-0.39, 0.29) is 28.7 Å². The molecule has 4 aromatic rings. The van der Waals surface area contributed by atoms with Gasteiger partial charge in [-0.15, -0.1) is 0 Å². The molecule has 0 aliphatic rings. The van der Waals surface area contributed by atoms with Crippen LogP contribution in [-0.2, 0) is 4.79 Å². The van der Waals surface area contributed by atoms with E-state index in [1.165, 1.54) is 19.1 Å². The van der Waals surface area contributed by atoms with Gasteiger partial charge in [-0.2, -0.15) is 0 Å². The van der Waals surface area contributed by atoms with Crippen LogP contribution in [0.5, 0.6) is 0 Å². The fraction of sp³-hybridized carbons (Fsp3) is 0.0385. The summed E-state index contributed by atoms with van der Waals surface area (Å²) in [7, 11) is 0. The first-order chi connectivity index (χ1) is 16.8. The molecule has 0 radical (unpaired) electrons. The smallest absolute Gasteiger partial charge is 0.293 e. The second kappa shape index (κ2) is 11.2. The van der Waals surface area contributed by atoms with Gasteiger partial charge in [-0.25, -0.2) is 0 Å². The normalized spacial score (nSPS) is 9.97. The Bertz CT molecular complexity index is 1360. The third-order valence-electron chi connectivity index (χ3n) is 4.99. The van der Waals surface area contributed by atoms with Gasteiger partial charge in [-0.1, -0.05) is 84.9 Å². The third-order valence-corrected chi connectivity index (χ3v) is 4.99. The highest BCUT2D eigenvalue weighted by Crippen LogP contribution is 2.35. The molecule has 0 aliphatic heterocycles. The second-order valence-electron chi connectivity index (χ2n) is 7.37. The first-order valence-corrected chi connectivity index (χ1v) is 10.5. The Labute approximate surface area is 201 Å². The van der Waals surface area contributed by atoms with E-state index in [0.717, 1.165) is 11.1 Å². The zero-order valence-electron chi connectivity index (χ0n) is 18.8. The van der Waals surface area contributed by atoms with Gasteiger partial charge in [0, 0.05) is 30.2 Å². The average molecular weight is 470 g/mol. The monoisotopic (exact) mass is 470 g/mol. The molecule has 0 heterocycles. The van der Waals surface area contributed by atoms with Gasteiger partial charge in [0.05, 0.1) is 9.85 Å². The number of amides is 1. The summed E-state index contributed by atoms with van der Waals surface area (Å²) in [6.45, 7) is 1.32. The summed E-state index contributed by atoms with van der Waals surface area (Å²) in [5, 5.41) is 24.3. The topological polar surface area (TPSA) is 141 Å². The van der Waals surface area contributed by atoms with Crippen LogP contribution in [0.1, 0.15) is 6.92 Å². The van der Waals surface area contributed by atoms with E-state index in [4.69, 9.17) is 5.73 Å². The standard InChI is InChI=1S/C14H12N2O3.C12H10N2O2/c1-10(17)15-14-12(11-6-3-2-4-7-11)8-5-9-13(14)16(18)19;13-12-10(9-5-2-1-3-6-9)7-4-8-11(12)14(15)16/h2-9H,1H3,(H,15,17);1-8H,13H2. The van der Waals surface area contributed by atoms with Crippen molar-refractivity contribution in [3.63, 3.8) is 0 Å². The van der Waals surface area contributed by atoms with Crippen molar-refractivity contribution in [3.8, 4) is 22.3 Å². The lowest BCUT2D eigenvalue weighted by Gasteiger charge is -2.10. The van der Waals surface area contributed by atoms with Crippen LogP contribution < -0.4 is 11.1 Å². The molecular weight excluding hydrogens is 448 g/mol. The molecule has 0 saturated carbocycles. The van der Waals surface area contributed by atoms with Gasteiger partial charge in [0.15, 0.2) is 0 Å². The lowest BCUT2D eigenvalue weighted by atomic mass is 10.0. The minimum Gasteiger partial charge on any atom is -0.393 e. The van der Waals surface area contributed by atoms with Crippen LogP contribution in [0.15, 0.2) is 97.1 Å². The van der Waals surface area contributed by atoms with Gasteiger partial charge in [0.2, 0.25) is 5.91 Å². The summed E-state index contributed by atoms with van der Waals surface area (Å²) in [5.74, 6) is -0.341. The van der Waals surface area contributed by atoms with Crippen molar-refractivity contribution >= 4 is 28.7 Å². The summed E-state index contributed by atoms with van der Waals surface area (Å²) in [4.78, 5) is 32.0. The maximum absolute atomic E-state index is 11.2. The molecule has 176 valence electrons. The highest BCUT2D eigenvalue weighted by molar-refractivity contribution is 5.97. The number of hydrogen-bond acceptors (Lipinski definition) is 6. The van der Waals surface area contributed by atoms with Crippen LogP contribution in [-0.4, -0.2) is 15.8 Å². The molecule has 0 saturated heterocycles. The van der Waals surface area contributed by atoms with Crippen molar-refractivity contribution in [2.24, 2.45) is 0 Å². The molecular formula is C26H22N4O5. The van der Waals surface area contributed by atoms with Crippen LogP contribution >= 0.6 is 0 Å². The summed E-state index contributed by atoms with van der Waals surface area (Å²) in [6, 6.07) is 28.1. The SMILES string of the molecule is CC(=O)Nc1c(-c2ccccc2)cccc1[N+](=O)[O-].Nc1c(-c2ccccc2)cccc1[N+](=O)[O-]. The highest BCUT2D eigenvalue weighted by Gasteiger charge is 2.19. The fourth-order valence-electron chi connectivity index (χ4n) is 3.44. The van der Waals surface area contributed by atoms with E-state index in [0.29, 0.717) is 11.1 Å². The minimum atomic E-state index is -0.502. The first kappa shape index (κ1) is 24.6. The summed E-state index contributed by atoms with van der Waals surface area (Å²) >= 11 is 0. The molecule has 4 aromatic carbocycles. The number of nitro groups is 2. The number of nitrogens with zero attached hydrogens (tertiary/aromatic N) is 2. The highest BCUT2D eigenvalue weighted by atomic mass is 16.6. The second-order valence-corrected chi connectivity index (χ2v) is 7.37. The predicted molar refractivity (Wildman–Crippen MR) is 136 cm³/mol. The molecule has 3 N–H and O–H groups in total. The maximum Gasteiger partial charge on any atom is 0.293 e. The third kappa shape index (κ3) is 6.05. The number of benzene rings is 4. The molecule has 0 spiro atoms. The summed E-state index contributed by atoms with van der Waals surface area (Å²) in [6.07, 6.45) is 0. The van der Waals surface area contributed by atoms with E-state index in [1.807, 2.05) is 60.7 Å². The number of anilines is 2. The molecule has 1 amide bonds. The van der Waals surface area contributed by atoms with E-state index in [9.17, 15) is 25.0 Å². The minimum absolute atomic E-state index is 0.0543. The average Bonchev–Trinajstić information content (AvgIpc) is 2.85. The van der Waals surface area contributed by atoms with Crippen LogP contribution in [0.3, 0.4) is 0 Å².